The third-order valence-corrected chi connectivity index (χ3v) is 3.98. The van der Waals surface area contributed by atoms with Crippen LogP contribution in [0.5, 0.6) is 0 Å². The van der Waals surface area contributed by atoms with Gasteiger partial charge in [0.25, 0.3) is 0 Å². The third kappa shape index (κ3) is 1.99. The van der Waals surface area contributed by atoms with E-state index in [1.165, 1.54) is 0 Å². The van der Waals surface area contributed by atoms with E-state index in [4.69, 9.17) is 22.3 Å². The number of fused-ring (bicyclic) bond motifs is 1. The number of imidazole rings is 1. The van der Waals surface area contributed by atoms with E-state index >= 15 is 0 Å². The molecule has 1 aromatic carbocycles. The van der Waals surface area contributed by atoms with Crippen molar-refractivity contribution in [2.45, 2.75) is 20.4 Å². The summed E-state index contributed by atoms with van der Waals surface area (Å²) in [4.78, 5) is 4.73. The average Bonchev–Trinajstić information content (AvgIpc) is 2.82. The van der Waals surface area contributed by atoms with Crippen molar-refractivity contribution in [2.24, 2.45) is 5.73 Å². The highest BCUT2D eigenvalue weighted by atomic mass is 35.5. The summed E-state index contributed by atoms with van der Waals surface area (Å²) in [6, 6.07) is 12.0. The van der Waals surface area contributed by atoms with Gasteiger partial charge in [-0.2, -0.15) is 0 Å². The molecular weight excluding hydrogens is 270 g/mol. The van der Waals surface area contributed by atoms with Gasteiger partial charge in [0, 0.05) is 22.8 Å². The quantitative estimate of drug-likeness (QED) is 0.779. The average molecular weight is 286 g/mol. The topological polar surface area (TPSA) is 43.3 Å². The second-order valence-electron chi connectivity index (χ2n) is 4.94. The molecule has 0 unspecified atom stereocenters. The van der Waals surface area contributed by atoms with Crippen LogP contribution in [0.25, 0.3) is 16.9 Å². The van der Waals surface area contributed by atoms with Crippen LogP contribution < -0.4 is 5.73 Å². The fourth-order valence-corrected chi connectivity index (χ4v) is 2.66. The first-order valence-corrected chi connectivity index (χ1v) is 6.93. The summed E-state index contributed by atoms with van der Waals surface area (Å²) in [5, 5.41) is 0.767. The van der Waals surface area contributed by atoms with Crippen LogP contribution in [0.1, 0.15) is 17.0 Å². The third-order valence-electron chi connectivity index (χ3n) is 3.56. The van der Waals surface area contributed by atoms with E-state index in [2.05, 4.69) is 23.5 Å². The summed E-state index contributed by atoms with van der Waals surface area (Å²) in [7, 11) is 0. The minimum atomic E-state index is 0.447. The van der Waals surface area contributed by atoms with Crippen molar-refractivity contribution in [3.63, 3.8) is 0 Å². The molecule has 0 amide bonds. The predicted octanol–water partition coefficient (Wildman–Crippen LogP) is 3.73. The maximum atomic E-state index is 6.10. The van der Waals surface area contributed by atoms with Crippen LogP contribution in [0.2, 0.25) is 5.02 Å². The van der Waals surface area contributed by atoms with Crippen LogP contribution >= 0.6 is 11.6 Å². The van der Waals surface area contributed by atoms with Crippen molar-refractivity contribution in [3.8, 4) is 11.3 Å². The molecule has 0 fully saturated rings. The van der Waals surface area contributed by atoms with Crippen molar-refractivity contribution in [2.75, 3.05) is 0 Å². The lowest BCUT2D eigenvalue weighted by Crippen LogP contribution is -2.04. The van der Waals surface area contributed by atoms with Gasteiger partial charge in [-0.3, -0.25) is 4.40 Å². The smallest absolute Gasteiger partial charge is 0.137 e. The number of nitrogens with zero attached hydrogens (tertiary/aromatic N) is 2. The lowest BCUT2D eigenvalue weighted by atomic mass is 10.1. The number of pyridine rings is 1. The Bertz CT molecular complexity index is 790. The van der Waals surface area contributed by atoms with Crippen LogP contribution in [-0.2, 0) is 6.54 Å². The predicted molar refractivity (Wildman–Crippen MR) is 83.0 cm³/mol. The van der Waals surface area contributed by atoms with Gasteiger partial charge in [-0.25, -0.2) is 4.98 Å². The standard InChI is InChI=1S/C16H16ClN3/c1-10-8-12(6-7-13(10)17)16-14(9-18)20-11(2)4-3-5-15(20)19-16/h3-8H,9,18H2,1-2H3. The van der Waals surface area contributed by atoms with E-state index in [1.807, 2.05) is 31.2 Å². The van der Waals surface area contributed by atoms with E-state index < -0.39 is 0 Å². The minimum absolute atomic E-state index is 0.447. The molecule has 0 atom stereocenters. The highest BCUT2D eigenvalue weighted by Crippen LogP contribution is 2.28. The van der Waals surface area contributed by atoms with Crippen molar-refractivity contribution in [1.29, 1.82) is 0 Å². The van der Waals surface area contributed by atoms with Crippen molar-refractivity contribution >= 4 is 17.2 Å². The molecule has 0 saturated carbocycles. The van der Waals surface area contributed by atoms with Crippen LogP contribution in [0.15, 0.2) is 36.4 Å². The van der Waals surface area contributed by atoms with Gasteiger partial charge in [-0.1, -0.05) is 23.7 Å². The molecule has 2 N–H and O–H groups in total. The fourth-order valence-electron chi connectivity index (χ4n) is 2.54. The van der Waals surface area contributed by atoms with Crippen LogP contribution in [-0.4, -0.2) is 9.38 Å². The van der Waals surface area contributed by atoms with Crippen LogP contribution in [0, 0.1) is 13.8 Å². The second kappa shape index (κ2) is 4.93. The molecule has 20 heavy (non-hydrogen) atoms. The maximum Gasteiger partial charge on any atom is 0.137 e. The van der Waals surface area contributed by atoms with Gasteiger partial charge >= 0.3 is 0 Å². The van der Waals surface area contributed by atoms with Gasteiger partial charge in [0.2, 0.25) is 0 Å². The van der Waals surface area contributed by atoms with Gasteiger partial charge in [-0.15, -0.1) is 0 Å². The molecular formula is C16H16ClN3. The highest BCUT2D eigenvalue weighted by Gasteiger charge is 2.14. The summed E-state index contributed by atoms with van der Waals surface area (Å²) in [6.07, 6.45) is 0. The van der Waals surface area contributed by atoms with Gasteiger partial charge in [0.05, 0.1) is 11.4 Å². The van der Waals surface area contributed by atoms with E-state index in [0.717, 1.165) is 38.9 Å². The lowest BCUT2D eigenvalue weighted by Gasteiger charge is -2.06. The van der Waals surface area contributed by atoms with E-state index in [9.17, 15) is 0 Å². The second-order valence-corrected chi connectivity index (χ2v) is 5.34. The number of hydrogen-bond donors (Lipinski definition) is 1. The monoisotopic (exact) mass is 285 g/mol. The summed E-state index contributed by atoms with van der Waals surface area (Å²) in [5.41, 5.74) is 12.1. The van der Waals surface area contributed by atoms with Gasteiger partial charge < -0.3 is 5.73 Å². The molecule has 4 heteroatoms. The Hall–Kier alpha value is -1.84. The fraction of sp³-hybridized carbons (Fsp3) is 0.188. The molecule has 0 aliphatic carbocycles. The molecule has 0 saturated heterocycles. The van der Waals surface area contributed by atoms with Gasteiger partial charge in [0.1, 0.15) is 5.65 Å². The first-order valence-electron chi connectivity index (χ1n) is 6.55. The van der Waals surface area contributed by atoms with Crippen LogP contribution in [0.4, 0.5) is 0 Å². The largest absolute Gasteiger partial charge is 0.325 e. The number of benzene rings is 1. The molecule has 102 valence electrons. The zero-order valence-corrected chi connectivity index (χ0v) is 12.3. The molecule has 3 aromatic rings. The number of halogens is 1. The summed E-state index contributed by atoms with van der Waals surface area (Å²) >= 11 is 6.10. The molecule has 3 nitrogen and oxygen atoms in total. The van der Waals surface area contributed by atoms with Crippen molar-refractivity contribution in [1.82, 2.24) is 9.38 Å². The van der Waals surface area contributed by atoms with Crippen molar-refractivity contribution < 1.29 is 0 Å². The number of nitrogens with two attached hydrogens (primary N) is 1. The zero-order valence-electron chi connectivity index (χ0n) is 11.5. The van der Waals surface area contributed by atoms with Crippen molar-refractivity contribution in [3.05, 3.63) is 58.4 Å². The Labute approximate surface area is 123 Å². The molecule has 2 aromatic heterocycles. The first-order chi connectivity index (χ1) is 9.61. The normalized spacial score (nSPS) is 11.2. The SMILES string of the molecule is Cc1cc(-c2nc3cccc(C)n3c2CN)ccc1Cl. The number of aromatic nitrogens is 2. The maximum absolute atomic E-state index is 6.10. The molecule has 0 radical (unpaired) electrons. The van der Waals surface area contributed by atoms with Gasteiger partial charge in [0.15, 0.2) is 0 Å². The van der Waals surface area contributed by atoms with Crippen LogP contribution in [0.3, 0.4) is 0 Å². The van der Waals surface area contributed by atoms with E-state index in [1.54, 1.807) is 0 Å². The van der Waals surface area contributed by atoms with Gasteiger partial charge in [-0.05, 0) is 43.7 Å². The lowest BCUT2D eigenvalue weighted by molar-refractivity contribution is 0.935. The number of rotatable bonds is 2. The van der Waals surface area contributed by atoms with E-state index in [0.29, 0.717) is 6.54 Å². The molecule has 0 spiro atoms. The molecule has 0 aliphatic rings. The number of aryl methyl sites for hydroxylation is 2. The summed E-state index contributed by atoms with van der Waals surface area (Å²) in [5.74, 6) is 0. The summed E-state index contributed by atoms with van der Waals surface area (Å²) < 4.78 is 2.11. The minimum Gasteiger partial charge on any atom is -0.325 e. The Balaban J connectivity index is 2.30. The molecule has 0 bridgehead atoms. The Morgan fingerprint density at radius 2 is 2.00 bits per heavy atom. The first kappa shape index (κ1) is 13.2. The molecule has 0 aliphatic heterocycles. The summed E-state index contributed by atoms with van der Waals surface area (Å²) in [6.45, 7) is 4.50. The van der Waals surface area contributed by atoms with E-state index in [-0.39, 0.29) is 0 Å². The Kier molecular flexibility index (Phi) is 3.24. The highest BCUT2D eigenvalue weighted by molar-refractivity contribution is 6.31. The zero-order chi connectivity index (χ0) is 14.3. The molecule has 2 heterocycles. The Morgan fingerprint density at radius 1 is 1.20 bits per heavy atom. The Morgan fingerprint density at radius 3 is 2.70 bits per heavy atom. The number of hydrogen-bond acceptors (Lipinski definition) is 2. The molecule has 3 rings (SSSR count).